The lowest BCUT2D eigenvalue weighted by Crippen LogP contribution is -2.43. The van der Waals surface area contributed by atoms with Crippen molar-refractivity contribution in [3.63, 3.8) is 0 Å². The first kappa shape index (κ1) is 21.5. The van der Waals surface area contributed by atoms with Crippen LogP contribution in [0.3, 0.4) is 0 Å². The molecule has 2 saturated heterocycles. The Labute approximate surface area is 184 Å². The van der Waals surface area contributed by atoms with Crippen LogP contribution < -0.4 is 20.4 Å². The summed E-state index contributed by atoms with van der Waals surface area (Å²) in [4.78, 5) is 38.9. The Kier molecular flexibility index (Phi) is 6.17. The maximum absolute atomic E-state index is 12.8. The zero-order valence-corrected chi connectivity index (χ0v) is 17.5. The third kappa shape index (κ3) is 4.47. The van der Waals surface area contributed by atoms with Crippen molar-refractivity contribution >= 4 is 34.3 Å². The number of hydrogen-bond acceptors (Lipinski definition) is 8. The van der Waals surface area contributed by atoms with Crippen LogP contribution in [0, 0.1) is 20.2 Å². The number of benzene rings is 2. The Balaban J connectivity index is 1.57. The minimum Gasteiger partial charge on any atom is -0.366 e. The van der Waals surface area contributed by atoms with Crippen molar-refractivity contribution in [3.05, 3.63) is 62.2 Å². The first-order valence-corrected chi connectivity index (χ1v) is 10.5. The van der Waals surface area contributed by atoms with Crippen LogP contribution in [-0.4, -0.2) is 55.0 Å². The van der Waals surface area contributed by atoms with Gasteiger partial charge in [0.2, 0.25) is 0 Å². The number of piperazine rings is 1. The van der Waals surface area contributed by atoms with Gasteiger partial charge in [-0.25, -0.2) is 0 Å². The van der Waals surface area contributed by atoms with Gasteiger partial charge in [-0.2, -0.15) is 0 Å². The molecule has 168 valence electrons. The van der Waals surface area contributed by atoms with E-state index in [0.29, 0.717) is 24.5 Å². The van der Waals surface area contributed by atoms with Gasteiger partial charge in [-0.15, -0.1) is 0 Å². The monoisotopic (exact) mass is 440 g/mol. The van der Waals surface area contributed by atoms with E-state index in [9.17, 15) is 25.0 Å². The van der Waals surface area contributed by atoms with Gasteiger partial charge in [0.25, 0.3) is 17.3 Å². The van der Waals surface area contributed by atoms with E-state index in [1.807, 2.05) is 9.80 Å². The Morgan fingerprint density at radius 1 is 0.844 bits per heavy atom. The van der Waals surface area contributed by atoms with Crippen LogP contribution in [-0.2, 0) is 0 Å². The predicted molar refractivity (Wildman–Crippen MR) is 121 cm³/mol. The van der Waals surface area contributed by atoms with Gasteiger partial charge in [-0.05, 0) is 37.1 Å². The van der Waals surface area contributed by atoms with Crippen LogP contribution in [0.1, 0.15) is 23.2 Å². The lowest BCUT2D eigenvalue weighted by molar-refractivity contribution is -0.384. The Bertz CT molecular complexity index is 1050. The van der Waals surface area contributed by atoms with Crippen molar-refractivity contribution in [2.24, 2.45) is 0 Å². The second-order valence-corrected chi connectivity index (χ2v) is 7.81. The van der Waals surface area contributed by atoms with Crippen molar-refractivity contribution in [2.75, 3.05) is 54.4 Å². The van der Waals surface area contributed by atoms with Crippen LogP contribution in [0.15, 0.2) is 36.4 Å². The highest BCUT2D eigenvalue weighted by Gasteiger charge is 2.25. The van der Waals surface area contributed by atoms with E-state index in [4.69, 9.17) is 0 Å². The van der Waals surface area contributed by atoms with Crippen molar-refractivity contribution in [2.45, 2.75) is 12.8 Å². The largest absolute Gasteiger partial charge is 0.366 e. The van der Waals surface area contributed by atoms with Gasteiger partial charge in [0.15, 0.2) is 0 Å². The first-order chi connectivity index (χ1) is 15.4. The van der Waals surface area contributed by atoms with E-state index in [1.54, 1.807) is 24.3 Å². The molecule has 0 aromatic heterocycles. The Hall–Kier alpha value is -3.73. The summed E-state index contributed by atoms with van der Waals surface area (Å²) >= 11 is 0. The molecule has 1 amide bonds. The minimum absolute atomic E-state index is 0.0972. The number of nitrogens with one attached hydrogen (secondary N) is 2. The van der Waals surface area contributed by atoms with Crippen LogP contribution in [0.25, 0.3) is 0 Å². The molecule has 0 unspecified atom stereocenters. The fourth-order valence-electron chi connectivity index (χ4n) is 4.16. The normalized spacial score (nSPS) is 16.1. The Morgan fingerprint density at radius 3 is 2.03 bits per heavy atom. The van der Waals surface area contributed by atoms with Crippen molar-refractivity contribution in [1.82, 2.24) is 5.32 Å². The number of hydrogen-bond donors (Lipinski definition) is 2. The zero-order chi connectivity index (χ0) is 22.7. The van der Waals surface area contributed by atoms with E-state index in [2.05, 4.69) is 10.6 Å². The summed E-state index contributed by atoms with van der Waals surface area (Å²) in [5, 5.41) is 29.0. The van der Waals surface area contributed by atoms with Crippen LogP contribution in [0.2, 0.25) is 0 Å². The highest BCUT2D eigenvalue weighted by Crippen LogP contribution is 2.33. The fraction of sp³-hybridized carbons (Fsp3) is 0.381. The quantitative estimate of drug-likeness (QED) is 0.517. The van der Waals surface area contributed by atoms with Crippen LogP contribution in [0.5, 0.6) is 0 Å². The van der Waals surface area contributed by atoms with Gasteiger partial charge < -0.3 is 20.4 Å². The molecule has 2 aliphatic rings. The SMILES string of the molecule is O=C(Nc1ccc(N2CCNCC2)c([N+](=O)[O-])c1)c1ccc(N2CCCC2)c([N+](=O)[O-])c1. The summed E-state index contributed by atoms with van der Waals surface area (Å²) in [5.41, 5.74) is 1.15. The molecule has 0 bridgehead atoms. The second-order valence-electron chi connectivity index (χ2n) is 7.81. The topological polar surface area (TPSA) is 134 Å². The second kappa shape index (κ2) is 9.18. The number of amides is 1. The Morgan fingerprint density at radius 2 is 1.41 bits per heavy atom. The van der Waals surface area contributed by atoms with Crippen molar-refractivity contribution < 1.29 is 14.6 Å². The van der Waals surface area contributed by atoms with Crippen molar-refractivity contribution in [3.8, 4) is 0 Å². The molecule has 2 N–H and O–H groups in total. The molecule has 4 rings (SSSR count). The zero-order valence-electron chi connectivity index (χ0n) is 17.5. The predicted octanol–water partition coefficient (Wildman–Crippen LogP) is 2.77. The first-order valence-electron chi connectivity index (χ1n) is 10.5. The lowest BCUT2D eigenvalue weighted by atomic mass is 10.1. The van der Waals surface area contributed by atoms with E-state index in [0.717, 1.165) is 39.0 Å². The van der Waals surface area contributed by atoms with Gasteiger partial charge in [0, 0.05) is 62.7 Å². The number of nitro groups is 2. The number of anilines is 3. The summed E-state index contributed by atoms with van der Waals surface area (Å²) in [6.45, 7) is 4.27. The summed E-state index contributed by atoms with van der Waals surface area (Å²) < 4.78 is 0. The number of carbonyl (C=O) groups is 1. The molecule has 2 heterocycles. The number of nitro benzene ring substituents is 2. The van der Waals surface area contributed by atoms with Gasteiger partial charge in [-0.3, -0.25) is 25.0 Å². The average Bonchev–Trinajstić information content (AvgIpc) is 3.34. The van der Waals surface area contributed by atoms with Crippen LogP contribution >= 0.6 is 0 Å². The number of rotatable bonds is 6. The summed E-state index contributed by atoms with van der Waals surface area (Å²) in [5.74, 6) is -0.565. The molecule has 0 atom stereocenters. The van der Waals surface area contributed by atoms with Gasteiger partial charge in [0.05, 0.1) is 9.85 Å². The van der Waals surface area contributed by atoms with E-state index in [-0.39, 0.29) is 22.6 Å². The molecule has 2 aromatic rings. The van der Waals surface area contributed by atoms with E-state index in [1.165, 1.54) is 12.1 Å². The molecule has 11 nitrogen and oxygen atoms in total. The highest BCUT2D eigenvalue weighted by atomic mass is 16.6. The molecular weight excluding hydrogens is 416 g/mol. The summed E-state index contributed by atoms with van der Waals surface area (Å²) in [6.07, 6.45) is 1.95. The summed E-state index contributed by atoms with van der Waals surface area (Å²) in [7, 11) is 0. The van der Waals surface area contributed by atoms with E-state index < -0.39 is 15.8 Å². The number of carbonyl (C=O) groups excluding carboxylic acids is 1. The standard InChI is InChI=1S/C21H24N6O5/c28-21(15-3-5-17(19(13-15)26(29)30)24-9-1-2-10-24)23-16-4-6-18(20(14-16)27(31)32)25-11-7-22-8-12-25/h3-6,13-14,22H,1-2,7-12H2,(H,23,28). The highest BCUT2D eigenvalue weighted by molar-refractivity contribution is 6.05. The fourth-order valence-corrected chi connectivity index (χ4v) is 4.16. The van der Waals surface area contributed by atoms with Crippen molar-refractivity contribution in [1.29, 1.82) is 0 Å². The third-order valence-electron chi connectivity index (χ3n) is 5.77. The maximum Gasteiger partial charge on any atom is 0.294 e. The molecule has 0 aliphatic carbocycles. The average molecular weight is 440 g/mol. The molecule has 2 fully saturated rings. The third-order valence-corrected chi connectivity index (χ3v) is 5.77. The molecule has 2 aromatic carbocycles. The summed E-state index contributed by atoms with van der Waals surface area (Å²) in [6, 6.07) is 8.94. The van der Waals surface area contributed by atoms with E-state index >= 15 is 0 Å². The molecular formula is C21H24N6O5. The molecule has 11 heteroatoms. The van der Waals surface area contributed by atoms with Gasteiger partial charge >= 0.3 is 0 Å². The van der Waals surface area contributed by atoms with Gasteiger partial charge in [0.1, 0.15) is 11.4 Å². The number of nitrogens with zero attached hydrogens (tertiary/aromatic N) is 4. The molecule has 32 heavy (non-hydrogen) atoms. The molecule has 0 spiro atoms. The maximum atomic E-state index is 12.8. The molecule has 0 radical (unpaired) electrons. The van der Waals surface area contributed by atoms with Gasteiger partial charge in [-0.1, -0.05) is 0 Å². The van der Waals surface area contributed by atoms with Crippen LogP contribution in [0.4, 0.5) is 28.4 Å². The lowest BCUT2D eigenvalue weighted by Gasteiger charge is -2.29. The minimum atomic E-state index is -0.565. The smallest absolute Gasteiger partial charge is 0.294 e. The molecule has 2 aliphatic heterocycles. The molecule has 0 saturated carbocycles.